The van der Waals surface area contributed by atoms with Gasteiger partial charge in [0.25, 0.3) is 0 Å². The third-order valence-corrected chi connectivity index (χ3v) is 6.19. The normalized spacial score (nSPS) is 29.9. The smallest absolute Gasteiger partial charge is 0.228 e. The summed E-state index contributed by atoms with van der Waals surface area (Å²) in [6.45, 7) is 3.52. The van der Waals surface area contributed by atoms with E-state index < -0.39 is 0 Å². The molecule has 0 bridgehead atoms. The fraction of sp³-hybridized carbons (Fsp3) is 0.647. The highest BCUT2D eigenvalue weighted by Gasteiger charge is 2.45. The molecule has 1 aromatic rings. The van der Waals surface area contributed by atoms with Crippen molar-refractivity contribution >= 4 is 23.2 Å². The van der Waals surface area contributed by atoms with Crippen LogP contribution in [-0.4, -0.2) is 47.8 Å². The van der Waals surface area contributed by atoms with E-state index in [0.717, 1.165) is 30.8 Å². The topological polar surface area (TPSA) is 66.6 Å². The number of rotatable bonds is 3. The van der Waals surface area contributed by atoms with Crippen LogP contribution in [0.15, 0.2) is 17.5 Å². The molecule has 2 amide bonds. The first-order chi connectivity index (χ1) is 11.0. The predicted molar refractivity (Wildman–Crippen MR) is 90.9 cm³/mol. The van der Waals surface area contributed by atoms with Crippen LogP contribution < -0.4 is 5.73 Å². The van der Waals surface area contributed by atoms with Crippen LogP contribution >= 0.6 is 11.3 Å². The number of carbonyl (C=O) groups excluding carboxylic acids is 2. The first-order valence-electron chi connectivity index (χ1n) is 8.32. The molecule has 2 aliphatic heterocycles. The summed E-state index contributed by atoms with van der Waals surface area (Å²) in [7, 11) is 1.81. The van der Waals surface area contributed by atoms with Gasteiger partial charge in [0.2, 0.25) is 11.8 Å². The largest absolute Gasteiger partial charge is 0.342 e. The molecule has 0 aromatic carbocycles. The fourth-order valence-electron chi connectivity index (χ4n) is 3.81. The second kappa shape index (κ2) is 6.61. The molecule has 2 fully saturated rings. The van der Waals surface area contributed by atoms with Crippen molar-refractivity contribution < 1.29 is 9.59 Å². The summed E-state index contributed by atoms with van der Waals surface area (Å²) < 4.78 is 0. The Labute approximate surface area is 141 Å². The monoisotopic (exact) mass is 335 g/mol. The third kappa shape index (κ3) is 3.15. The number of hydrogen-bond acceptors (Lipinski definition) is 4. The van der Waals surface area contributed by atoms with Crippen molar-refractivity contribution in [3.05, 3.63) is 22.4 Å². The average molecular weight is 335 g/mol. The van der Waals surface area contributed by atoms with Crippen LogP contribution in [0.25, 0.3) is 0 Å². The number of nitrogens with two attached hydrogens (primary N) is 1. The molecule has 2 saturated heterocycles. The second-order valence-corrected chi connectivity index (χ2v) is 7.80. The Morgan fingerprint density at radius 2 is 2.26 bits per heavy atom. The van der Waals surface area contributed by atoms with Gasteiger partial charge in [0.15, 0.2) is 0 Å². The molecule has 0 saturated carbocycles. The molecule has 2 aliphatic rings. The number of hydrogen-bond donors (Lipinski definition) is 1. The lowest BCUT2D eigenvalue weighted by Gasteiger charge is -2.37. The van der Waals surface area contributed by atoms with Gasteiger partial charge in [0, 0.05) is 37.5 Å². The molecule has 4 atom stereocenters. The van der Waals surface area contributed by atoms with Crippen LogP contribution in [0, 0.1) is 11.8 Å². The summed E-state index contributed by atoms with van der Waals surface area (Å²) in [5.74, 6) is 0.273. The Balaban J connectivity index is 1.79. The molecule has 23 heavy (non-hydrogen) atoms. The molecule has 0 spiro atoms. The summed E-state index contributed by atoms with van der Waals surface area (Å²) >= 11 is 1.61. The van der Waals surface area contributed by atoms with E-state index in [2.05, 4.69) is 0 Å². The number of nitrogens with zero attached hydrogens (tertiary/aromatic N) is 2. The number of piperidine rings is 1. The van der Waals surface area contributed by atoms with E-state index in [9.17, 15) is 9.59 Å². The molecule has 1 aromatic heterocycles. The Kier molecular flexibility index (Phi) is 4.73. The average Bonchev–Trinajstić information content (AvgIpc) is 3.16. The molecule has 3 heterocycles. The number of likely N-dealkylation sites (tertiary alicyclic amines) is 2. The number of thiophene rings is 1. The van der Waals surface area contributed by atoms with E-state index in [1.54, 1.807) is 23.3 Å². The van der Waals surface area contributed by atoms with Crippen molar-refractivity contribution in [2.45, 2.75) is 38.3 Å². The Morgan fingerprint density at radius 3 is 2.91 bits per heavy atom. The van der Waals surface area contributed by atoms with Crippen molar-refractivity contribution in [2.24, 2.45) is 17.6 Å². The van der Waals surface area contributed by atoms with Crippen molar-refractivity contribution in [1.29, 1.82) is 0 Å². The molecule has 3 rings (SSSR count). The summed E-state index contributed by atoms with van der Waals surface area (Å²) in [6, 6.07) is 3.98. The zero-order valence-electron chi connectivity index (χ0n) is 13.8. The van der Waals surface area contributed by atoms with E-state index in [0.29, 0.717) is 12.3 Å². The van der Waals surface area contributed by atoms with Crippen molar-refractivity contribution in [1.82, 2.24) is 9.80 Å². The molecule has 0 unspecified atom stereocenters. The molecule has 6 heteroatoms. The van der Waals surface area contributed by atoms with Crippen LogP contribution in [0.4, 0.5) is 0 Å². The molecule has 2 N–H and O–H groups in total. The Bertz CT molecular complexity index is 572. The molecular weight excluding hydrogens is 310 g/mol. The highest BCUT2D eigenvalue weighted by Crippen LogP contribution is 2.40. The minimum atomic E-state index is -0.266. The lowest BCUT2D eigenvalue weighted by Crippen LogP contribution is -2.47. The van der Waals surface area contributed by atoms with Gasteiger partial charge < -0.3 is 15.5 Å². The minimum absolute atomic E-state index is 0.0579. The first-order valence-corrected chi connectivity index (χ1v) is 9.20. The van der Waals surface area contributed by atoms with E-state index in [-0.39, 0.29) is 29.8 Å². The molecule has 126 valence electrons. The second-order valence-electron chi connectivity index (χ2n) is 6.82. The fourth-order valence-corrected chi connectivity index (χ4v) is 4.75. The summed E-state index contributed by atoms with van der Waals surface area (Å²) in [4.78, 5) is 30.0. The van der Waals surface area contributed by atoms with E-state index in [1.807, 2.05) is 29.3 Å². The maximum Gasteiger partial charge on any atom is 0.228 e. The number of amides is 2. The van der Waals surface area contributed by atoms with Gasteiger partial charge in [-0.05, 0) is 37.1 Å². The van der Waals surface area contributed by atoms with Gasteiger partial charge in [0.1, 0.15) is 0 Å². The van der Waals surface area contributed by atoms with Crippen molar-refractivity contribution in [3.8, 4) is 0 Å². The summed E-state index contributed by atoms with van der Waals surface area (Å²) in [5.41, 5.74) is 6.03. The minimum Gasteiger partial charge on any atom is -0.342 e. The molecule has 0 aliphatic carbocycles. The lowest BCUT2D eigenvalue weighted by molar-refractivity contribution is -0.138. The molecule has 5 nitrogen and oxygen atoms in total. The van der Waals surface area contributed by atoms with Crippen molar-refractivity contribution in [2.75, 3.05) is 20.1 Å². The van der Waals surface area contributed by atoms with Crippen LogP contribution in [0.5, 0.6) is 0 Å². The predicted octanol–water partition coefficient (Wildman–Crippen LogP) is 1.85. The highest BCUT2D eigenvalue weighted by atomic mass is 32.1. The Morgan fingerprint density at radius 1 is 1.48 bits per heavy atom. The van der Waals surface area contributed by atoms with Gasteiger partial charge in [-0.1, -0.05) is 6.07 Å². The maximum absolute atomic E-state index is 13.1. The summed E-state index contributed by atoms with van der Waals surface area (Å²) in [6.07, 6.45) is 2.40. The van der Waals surface area contributed by atoms with Crippen LogP contribution in [0.2, 0.25) is 0 Å². The first kappa shape index (κ1) is 16.5. The van der Waals surface area contributed by atoms with Gasteiger partial charge in [-0.2, -0.15) is 0 Å². The van der Waals surface area contributed by atoms with Gasteiger partial charge >= 0.3 is 0 Å². The van der Waals surface area contributed by atoms with E-state index >= 15 is 0 Å². The van der Waals surface area contributed by atoms with Gasteiger partial charge in [-0.3, -0.25) is 9.59 Å². The summed E-state index contributed by atoms with van der Waals surface area (Å²) in [5, 5.41) is 2.00. The zero-order valence-corrected chi connectivity index (χ0v) is 14.6. The van der Waals surface area contributed by atoms with E-state index in [4.69, 9.17) is 5.73 Å². The van der Waals surface area contributed by atoms with Crippen LogP contribution in [-0.2, 0) is 9.59 Å². The highest BCUT2D eigenvalue weighted by molar-refractivity contribution is 7.10. The SMILES string of the molecule is C[C@H](N)[C@@H]1CCCN(C(=O)[C@@H]2CC(=O)N(C)[C@H]2c2cccs2)C1. The lowest BCUT2D eigenvalue weighted by atomic mass is 9.90. The third-order valence-electron chi connectivity index (χ3n) is 5.25. The Hall–Kier alpha value is -1.40. The van der Waals surface area contributed by atoms with Gasteiger partial charge in [0.05, 0.1) is 12.0 Å². The van der Waals surface area contributed by atoms with Crippen molar-refractivity contribution in [3.63, 3.8) is 0 Å². The standard InChI is InChI=1S/C17H25N3O2S/c1-11(18)12-5-3-7-20(10-12)17(22)13-9-15(21)19(2)16(13)14-6-4-8-23-14/h4,6,8,11-13,16H,3,5,7,9-10,18H2,1-2H3/t11-,12+,13+,16+/m0/s1. The molecular formula is C17H25N3O2S. The van der Waals surface area contributed by atoms with E-state index in [1.165, 1.54) is 0 Å². The molecule has 0 radical (unpaired) electrons. The van der Waals surface area contributed by atoms with Crippen LogP contribution in [0.1, 0.15) is 37.1 Å². The maximum atomic E-state index is 13.1. The number of carbonyl (C=O) groups is 2. The van der Waals surface area contributed by atoms with Crippen LogP contribution in [0.3, 0.4) is 0 Å². The quantitative estimate of drug-likeness (QED) is 0.917. The van der Waals surface area contributed by atoms with Gasteiger partial charge in [-0.25, -0.2) is 0 Å². The zero-order chi connectivity index (χ0) is 16.6. The van der Waals surface area contributed by atoms with Gasteiger partial charge in [-0.15, -0.1) is 11.3 Å².